The largest absolute Gasteiger partial charge is 0.323 e. The third-order valence-electron chi connectivity index (χ3n) is 2.75. The zero-order valence-electron chi connectivity index (χ0n) is 11.7. The molecule has 0 saturated carbocycles. The summed E-state index contributed by atoms with van der Waals surface area (Å²) in [5.41, 5.74) is 0.672. The number of aromatic nitrogens is 1. The molecule has 22 heavy (non-hydrogen) atoms. The van der Waals surface area contributed by atoms with Crippen LogP contribution in [-0.4, -0.2) is 32.1 Å². The molecule has 0 aliphatic rings. The molecule has 2 rings (SSSR count). The van der Waals surface area contributed by atoms with E-state index in [0.29, 0.717) is 5.69 Å². The minimum absolute atomic E-state index is 0.213. The molecule has 6 nitrogen and oxygen atoms in total. The number of sulfonamides is 1. The molecule has 1 amide bonds. The van der Waals surface area contributed by atoms with Crippen LogP contribution in [0.3, 0.4) is 0 Å². The number of nitrogens with zero attached hydrogens (tertiary/aromatic N) is 2. The van der Waals surface area contributed by atoms with E-state index in [9.17, 15) is 17.6 Å². The Morgan fingerprint density at radius 3 is 2.50 bits per heavy atom. The number of benzene rings is 1. The summed E-state index contributed by atoms with van der Waals surface area (Å²) in [6.45, 7) is -0.417. The maximum Gasteiger partial charge on any atom is 0.245 e. The fourth-order valence-electron chi connectivity index (χ4n) is 1.78. The summed E-state index contributed by atoms with van der Waals surface area (Å²) in [4.78, 5) is 15.8. The highest BCUT2D eigenvalue weighted by Gasteiger charge is 2.20. The maximum absolute atomic E-state index is 12.9. The van der Waals surface area contributed by atoms with Crippen molar-refractivity contribution in [2.45, 2.75) is 0 Å². The van der Waals surface area contributed by atoms with E-state index in [4.69, 9.17) is 0 Å². The average Bonchev–Trinajstić information content (AvgIpc) is 2.46. The predicted octanol–water partition coefficient (Wildman–Crippen LogP) is 1.63. The van der Waals surface area contributed by atoms with Gasteiger partial charge >= 0.3 is 0 Å². The molecule has 116 valence electrons. The molecular formula is C14H14FN3O3S. The molecule has 1 aromatic heterocycles. The van der Waals surface area contributed by atoms with Crippen LogP contribution in [0.15, 0.2) is 48.8 Å². The number of hydrogen-bond donors (Lipinski definition) is 1. The van der Waals surface area contributed by atoms with E-state index >= 15 is 0 Å². The number of carbonyl (C=O) groups is 1. The second-order valence-electron chi connectivity index (χ2n) is 4.54. The average molecular weight is 323 g/mol. The van der Waals surface area contributed by atoms with Gasteiger partial charge in [0.05, 0.1) is 23.8 Å². The predicted molar refractivity (Wildman–Crippen MR) is 81.5 cm³/mol. The standard InChI is InChI=1S/C14H14FN3O3S/c1-22(20,21)18(13-6-4-11(15)5-7-13)10-14(19)17-12-3-2-8-16-9-12/h2-9H,10H2,1H3,(H,17,19). The van der Waals surface area contributed by atoms with Gasteiger partial charge in [-0.3, -0.25) is 14.1 Å². The van der Waals surface area contributed by atoms with Crippen LogP contribution in [0.25, 0.3) is 0 Å². The van der Waals surface area contributed by atoms with E-state index in [1.165, 1.54) is 18.3 Å². The topological polar surface area (TPSA) is 79.4 Å². The fraction of sp³-hybridized carbons (Fsp3) is 0.143. The summed E-state index contributed by atoms with van der Waals surface area (Å²) in [5.74, 6) is -1.01. The van der Waals surface area contributed by atoms with Gasteiger partial charge in [-0.2, -0.15) is 0 Å². The lowest BCUT2D eigenvalue weighted by Gasteiger charge is -2.21. The SMILES string of the molecule is CS(=O)(=O)N(CC(=O)Nc1cccnc1)c1ccc(F)cc1. The van der Waals surface area contributed by atoms with Gasteiger partial charge in [-0.15, -0.1) is 0 Å². The summed E-state index contributed by atoms with van der Waals surface area (Å²) in [5, 5.41) is 2.54. The molecule has 1 N–H and O–H groups in total. The molecule has 0 radical (unpaired) electrons. The molecule has 1 heterocycles. The van der Waals surface area contributed by atoms with Crippen LogP contribution < -0.4 is 9.62 Å². The summed E-state index contributed by atoms with van der Waals surface area (Å²) in [6.07, 6.45) is 3.98. The van der Waals surface area contributed by atoms with Gasteiger partial charge in [0.1, 0.15) is 12.4 Å². The lowest BCUT2D eigenvalue weighted by molar-refractivity contribution is -0.114. The van der Waals surface area contributed by atoms with Crippen molar-refractivity contribution < 1.29 is 17.6 Å². The first-order valence-corrected chi connectivity index (χ1v) is 8.14. The number of anilines is 2. The normalized spacial score (nSPS) is 11.0. The van der Waals surface area contributed by atoms with Crippen molar-refractivity contribution in [2.75, 3.05) is 22.4 Å². The molecule has 0 fully saturated rings. The van der Waals surface area contributed by atoms with Crippen molar-refractivity contribution in [3.05, 3.63) is 54.6 Å². The number of halogens is 1. The minimum Gasteiger partial charge on any atom is -0.323 e. The number of carbonyl (C=O) groups excluding carboxylic acids is 1. The van der Waals surface area contributed by atoms with E-state index < -0.39 is 28.3 Å². The Balaban J connectivity index is 2.17. The summed E-state index contributed by atoms with van der Waals surface area (Å²) < 4.78 is 37.5. The first-order chi connectivity index (χ1) is 10.4. The Labute approximate surface area is 127 Å². The summed E-state index contributed by atoms with van der Waals surface area (Å²) in [6, 6.07) is 8.14. The molecule has 0 aliphatic carbocycles. The first kappa shape index (κ1) is 15.9. The first-order valence-electron chi connectivity index (χ1n) is 6.29. The second kappa shape index (κ2) is 6.52. The lowest BCUT2D eigenvalue weighted by atomic mass is 10.3. The zero-order chi connectivity index (χ0) is 16.2. The Hall–Kier alpha value is -2.48. The van der Waals surface area contributed by atoms with Crippen LogP contribution in [0, 0.1) is 5.82 Å². The summed E-state index contributed by atoms with van der Waals surface area (Å²) in [7, 11) is -3.68. The number of rotatable bonds is 5. The van der Waals surface area contributed by atoms with Crippen LogP contribution in [0.5, 0.6) is 0 Å². The number of nitrogens with one attached hydrogen (secondary N) is 1. The van der Waals surface area contributed by atoms with Crippen LogP contribution in [0.4, 0.5) is 15.8 Å². The number of hydrogen-bond acceptors (Lipinski definition) is 4. The molecule has 0 unspecified atom stereocenters. The minimum atomic E-state index is -3.68. The van der Waals surface area contributed by atoms with E-state index in [1.54, 1.807) is 18.3 Å². The van der Waals surface area contributed by atoms with Gasteiger partial charge in [-0.1, -0.05) is 0 Å². The zero-order valence-corrected chi connectivity index (χ0v) is 12.5. The monoisotopic (exact) mass is 323 g/mol. The van der Waals surface area contributed by atoms with Gasteiger partial charge in [-0.05, 0) is 36.4 Å². The van der Waals surface area contributed by atoms with Crippen LogP contribution in [0.1, 0.15) is 0 Å². The molecule has 0 bridgehead atoms. The molecule has 0 saturated heterocycles. The van der Waals surface area contributed by atoms with Gasteiger partial charge in [0.25, 0.3) is 0 Å². The molecule has 0 atom stereocenters. The van der Waals surface area contributed by atoms with Crippen molar-refractivity contribution in [3.63, 3.8) is 0 Å². The van der Waals surface area contributed by atoms with E-state index in [1.807, 2.05) is 0 Å². The molecule has 8 heteroatoms. The highest BCUT2D eigenvalue weighted by molar-refractivity contribution is 7.92. The fourth-order valence-corrected chi connectivity index (χ4v) is 2.63. The Bertz CT molecular complexity index is 749. The summed E-state index contributed by atoms with van der Waals surface area (Å²) >= 11 is 0. The van der Waals surface area contributed by atoms with Crippen LogP contribution in [0.2, 0.25) is 0 Å². The highest BCUT2D eigenvalue weighted by atomic mass is 32.2. The van der Waals surface area contributed by atoms with Crippen molar-refractivity contribution in [1.82, 2.24) is 4.98 Å². The van der Waals surface area contributed by atoms with Crippen LogP contribution in [-0.2, 0) is 14.8 Å². The van der Waals surface area contributed by atoms with Gasteiger partial charge in [0.2, 0.25) is 15.9 Å². The quantitative estimate of drug-likeness (QED) is 0.907. The molecule has 1 aromatic carbocycles. The van der Waals surface area contributed by atoms with Gasteiger partial charge in [0.15, 0.2) is 0 Å². The molecule has 0 spiro atoms. The Morgan fingerprint density at radius 1 is 1.27 bits per heavy atom. The smallest absolute Gasteiger partial charge is 0.245 e. The number of pyridine rings is 1. The van der Waals surface area contributed by atoms with Gasteiger partial charge < -0.3 is 5.32 Å². The van der Waals surface area contributed by atoms with Crippen molar-refractivity contribution >= 4 is 27.3 Å². The molecular weight excluding hydrogens is 309 g/mol. The highest BCUT2D eigenvalue weighted by Crippen LogP contribution is 2.18. The third kappa shape index (κ3) is 4.26. The van der Waals surface area contributed by atoms with Crippen molar-refractivity contribution in [1.29, 1.82) is 0 Å². The van der Waals surface area contributed by atoms with Crippen molar-refractivity contribution in [3.8, 4) is 0 Å². The Morgan fingerprint density at radius 2 is 1.95 bits per heavy atom. The molecule has 2 aromatic rings. The molecule has 0 aliphatic heterocycles. The lowest BCUT2D eigenvalue weighted by Crippen LogP contribution is -2.37. The maximum atomic E-state index is 12.9. The van der Waals surface area contributed by atoms with Crippen LogP contribution >= 0.6 is 0 Å². The second-order valence-corrected chi connectivity index (χ2v) is 6.44. The van der Waals surface area contributed by atoms with Gasteiger partial charge in [0, 0.05) is 6.20 Å². The van der Waals surface area contributed by atoms with Crippen molar-refractivity contribution in [2.24, 2.45) is 0 Å². The van der Waals surface area contributed by atoms with E-state index in [0.717, 1.165) is 22.7 Å². The third-order valence-corrected chi connectivity index (χ3v) is 3.89. The Kier molecular flexibility index (Phi) is 4.71. The number of amides is 1. The van der Waals surface area contributed by atoms with E-state index in [2.05, 4.69) is 10.3 Å². The van der Waals surface area contributed by atoms with Gasteiger partial charge in [-0.25, -0.2) is 12.8 Å². The van der Waals surface area contributed by atoms with E-state index in [-0.39, 0.29) is 5.69 Å².